The van der Waals surface area contributed by atoms with Crippen LogP contribution in [0, 0.1) is 0 Å². The van der Waals surface area contributed by atoms with Crippen molar-refractivity contribution in [3.05, 3.63) is 0 Å². The number of rotatable bonds is 14. The molecule has 0 saturated heterocycles. The molecule has 0 rings (SSSR count). The molecule has 0 aliphatic rings. The van der Waals surface area contributed by atoms with Crippen LogP contribution in [-0.4, -0.2) is 27.4 Å². The Hall–Kier alpha value is 0.452. The summed E-state index contributed by atoms with van der Waals surface area (Å²) in [5, 5.41) is 2.65. The summed E-state index contributed by atoms with van der Waals surface area (Å²) in [5.41, 5.74) is 0. The van der Waals surface area contributed by atoms with E-state index in [-0.39, 0.29) is 6.29 Å². The van der Waals surface area contributed by atoms with E-state index in [9.17, 15) is 0 Å². The van der Waals surface area contributed by atoms with Crippen molar-refractivity contribution in [1.29, 1.82) is 0 Å². The molecule has 0 amide bonds. The molecule has 0 radical (unpaired) electrons. The van der Waals surface area contributed by atoms with Crippen LogP contribution in [0.5, 0.6) is 0 Å². The van der Waals surface area contributed by atoms with Crippen LogP contribution in [-0.2, 0) is 8.53 Å². The zero-order valence-electron chi connectivity index (χ0n) is 13.7. The molecule has 19 heavy (non-hydrogen) atoms. The first-order chi connectivity index (χ1) is 9.28. The predicted octanol–water partition coefficient (Wildman–Crippen LogP) is 5.54. The zero-order valence-corrected chi connectivity index (χ0v) is 14.9. The minimum Gasteiger partial charge on any atom is -0.478 e. The monoisotopic (exact) mass is 286 g/mol. The third kappa shape index (κ3) is 11.9. The van der Waals surface area contributed by atoms with Crippen LogP contribution in [0.3, 0.4) is 0 Å². The molecule has 0 aromatic carbocycles. The highest BCUT2D eigenvalue weighted by atomic mass is 27.2. The summed E-state index contributed by atoms with van der Waals surface area (Å²) in [5.74, 6) is 0. The van der Waals surface area contributed by atoms with E-state index in [2.05, 4.69) is 27.7 Å². The maximum Gasteiger partial charge on any atom is 0.462 e. The van der Waals surface area contributed by atoms with E-state index < -0.39 is 14.5 Å². The molecule has 0 N–H and O–H groups in total. The third-order valence-corrected chi connectivity index (χ3v) is 6.22. The Kier molecular flexibility index (Phi) is 15.2. The highest BCUT2D eigenvalue weighted by Gasteiger charge is 2.23. The van der Waals surface area contributed by atoms with E-state index in [0.717, 1.165) is 25.9 Å². The minimum absolute atomic E-state index is 0.0851. The van der Waals surface area contributed by atoms with Gasteiger partial charge in [0.25, 0.3) is 0 Å². The predicted molar refractivity (Wildman–Crippen MR) is 85.8 cm³/mol. The van der Waals surface area contributed by atoms with E-state index in [4.69, 9.17) is 8.53 Å². The molecule has 0 aliphatic heterocycles. The Labute approximate surface area is 126 Å². The van der Waals surface area contributed by atoms with Gasteiger partial charge in [0.1, 0.15) is 6.29 Å². The van der Waals surface area contributed by atoms with Crippen molar-refractivity contribution in [2.24, 2.45) is 0 Å². The van der Waals surface area contributed by atoms with Gasteiger partial charge in [0, 0.05) is 6.61 Å². The molecule has 0 aromatic rings. The quantitative estimate of drug-likeness (QED) is 0.237. The summed E-state index contributed by atoms with van der Waals surface area (Å²) in [6, 6.07) is 0. The first kappa shape index (κ1) is 19.5. The van der Waals surface area contributed by atoms with Crippen molar-refractivity contribution >= 4 is 14.5 Å². The normalized spacial score (nSPS) is 12.6. The number of hydrogen-bond acceptors (Lipinski definition) is 2. The highest BCUT2D eigenvalue weighted by molar-refractivity contribution is 6.51. The van der Waals surface area contributed by atoms with E-state index >= 15 is 0 Å². The first-order valence-electron chi connectivity index (χ1n) is 8.55. The molecule has 0 spiro atoms. The fraction of sp³-hybridized carbons (Fsp3) is 1.00. The third-order valence-electron chi connectivity index (χ3n) is 3.43. The van der Waals surface area contributed by atoms with Gasteiger partial charge in [0.2, 0.25) is 0 Å². The Morgan fingerprint density at radius 2 is 1.37 bits per heavy atom. The lowest BCUT2D eigenvalue weighted by atomic mass is 10.3. The fourth-order valence-electron chi connectivity index (χ4n) is 2.14. The molecule has 3 heteroatoms. The van der Waals surface area contributed by atoms with Gasteiger partial charge in [-0.25, -0.2) is 0 Å². The topological polar surface area (TPSA) is 18.5 Å². The second kappa shape index (κ2) is 14.9. The van der Waals surface area contributed by atoms with Gasteiger partial charge in [0.05, 0.1) is 0 Å². The molecular formula is C16H35AlO2. The molecule has 0 aromatic heterocycles. The summed E-state index contributed by atoms with van der Waals surface area (Å²) in [7, 11) is 0. The van der Waals surface area contributed by atoms with Crippen molar-refractivity contribution in [2.45, 2.75) is 95.9 Å². The van der Waals surface area contributed by atoms with E-state index in [0.29, 0.717) is 0 Å². The second-order valence-corrected chi connectivity index (χ2v) is 8.16. The Morgan fingerprint density at radius 3 is 1.84 bits per heavy atom. The molecule has 0 bridgehead atoms. The second-order valence-electron chi connectivity index (χ2n) is 5.49. The molecule has 1 unspecified atom stereocenters. The summed E-state index contributed by atoms with van der Waals surface area (Å²) in [4.78, 5) is 0. The van der Waals surface area contributed by atoms with Crippen LogP contribution in [0.15, 0.2) is 0 Å². The van der Waals surface area contributed by atoms with Gasteiger partial charge in [-0.1, -0.05) is 76.8 Å². The van der Waals surface area contributed by atoms with Crippen LogP contribution >= 0.6 is 0 Å². The lowest BCUT2D eigenvalue weighted by Gasteiger charge is -2.23. The van der Waals surface area contributed by atoms with E-state index in [1.807, 2.05) is 0 Å². The number of ether oxygens (including phenoxy) is 1. The number of unbranched alkanes of at least 4 members (excludes halogenated alkanes) is 3. The van der Waals surface area contributed by atoms with Gasteiger partial charge < -0.3 is 8.53 Å². The van der Waals surface area contributed by atoms with Crippen molar-refractivity contribution in [3.8, 4) is 0 Å². The van der Waals surface area contributed by atoms with Gasteiger partial charge in [-0.3, -0.25) is 0 Å². The van der Waals surface area contributed by atoms with Crippen LogP contribution in [0.25, 0.3) is 0 Å². The molecule has 0 saturated carbocycles. The molecule has 1 atom stereocenters. The minimum atomic E-state index is -1.04. The van der Waals surface area contributed by atoms with E-state index in [1.54, 1.807) is 0 Å². The SMILES string of the molecule is CCCCOC(CCC)[O][Al]([CH2]CCC)[CH2]CCC. The molecule has 0 fully saturated rings. The number of hydrogen-bond donors (Lipinski definition) is 0. The molecule has 0 heterocycles. The summed E-state index contributed by atoms with van der Waals surface area (Å²) in [6.45, 7) is 9.83. The Balaban J connectivity index is 4.10. The zero-order chi connectivity index (χ0) is 14.3. The van der Waals surface area contributed by atoms with Crippen molar-refractivity contribution < 1.29 is 8.53 Å². The van der Waals surface area contributed by atoms with Gasteiger partial charge in [-0.15, -0.1) is 0 Å². The maximum absolute atomic E-state index is 6.36. The van der Waals surface area contributed by atoms with Crippen molar-refractivity contribution in [2.75, 3.05) is 6.61 Å². The van der Waals surface area contributed by atoms with Crippen LogP contribution < -0.4 is 0 Å². The standard InChI is InChI=1S/C8H17O2.2C4H9.Al/c1-3-5-7-10-8(9)6-4-2;2*1-3-4-2;/h8H,3-7H2,1-2H3;2*1,3-4H2,2H3;/q-1;;;+1. The Morgan fingerprint density at radius 1 is 0.789 bits per heavy atom. The van der Waals surface area contributed by atoms with E-state index in [1.165, 1.54) is 42.7 Å². The molecular weight excluding hydrogens is 251 g/mol. The highest BCUT2D eigenvalue weighted by Crippen LogP contribution is 2.16. The lowest BCUT2D eigenvalue weighted by molar-refractivity contribution is -0.0886. The van der Waals surface area contributed by atoms with Crippen molar-refractivity contribution in [3.63, 3.8) is 0 Å². The van der Waals surface area contributed by atoms with Gasteiger partial charge in [0.15, 0.2) is 0 Å². The van der Waals surface area contributed by atoms with Gasteiger partial charge in [-0.2, -0.15) is 0 Å². The molecule has 2 nitrogen and oxygen atoms in total. The molecule has 0 aliphatic carbocycles. The average Bonchev–Trinajstić information content (AvgIpc) is 2.42. The summed E-state index contributed by atoms with van der Waals surface area (Å²) in [6.07, 6.45) is 9.88. The molecule has 114 valence electrons. The summed E-state index contributed by atoms with van der Waals surface area (Å²) >= 11 is -1.04. The van der Waals surface area contributed by atoms with Gasteiger partial charge >= 0.3 is 14.5 Å². The lowest BCUT2D eigenvalue weighted by Crippen LogP contribution is -2.28. The largest absolute Gasteiger partial charge is 0.478 e. The maximum atomic E-state index is 6.36. The van der Waals surface area contributed by atoms with Gasteiger partial charge in [-0.05, 0) is 12.8 Å². The van der Waals surface area contributed by atoms with Crippen LogP contribution in [0.2, 0.25) is 10.6 Å². The first-order valence-corrected chi connectivity index (χ1v) is 10.7. The smallest absolute Gasteiger partial charge is 0.462 e. The summed E-state index contributed by atoms with van der Waals surface area (Å²) < 4.78 is 12.3. The van der Waals surface area contributed by atoms with Crippen LogP contribution in [0.4, 0.5) is 0 Å². The average molecular weight is 286 g/mol. The fourth-order valence-corrected chi connectivity index (χ4v) is 5.08. The van der Waals surface area contributed by atoms with Crippen molar-refractivity contribution in [1.82, 2.24) is 0 Å². The van der Waals surface area contributed by atoms with Crippen LogP contribution in [0.1, 0.15) is 79.1 Å². The Bertz CT molecular complexity index is 168.